The first-order chi connectivity index (χ1) is 6.07. The van der Waals surface area contributed by atoms with E-state index in [0.717, 1.165) is 6.07 Å². The second-order valence-electron chi connectivity index (χ2n) is 2.33. The fourth-order valence-electron chi connectivity index (χ4n) is 0.848. The Bertz CT molecular complexity index is 387. The summed E-state index contributed by atoms with van der Waals surface area (Å²) in [5.74, 6) is -3.58. The molecule has 0 radical (unpaired) electrons. The van der Waals surface area contributed by atoms with E-state index in [0.29, 0.717) is 0 Å². The van der Waals surface area contributed by atoms with E-state index in [1.54, 1.807) is 6.07 Å². The first-order valence-corrected chi connectivity index (χ1v) is 3.68. The molecular weight excluding hydrogens is 200 g/mol. The van der Waals surface area contributed by atoms with Crippen LogP contribution < -0.4 is 0 Å². The van der Waals surface area contributed by atoms with Gasteiger partial charge in [0.1, 0.15) is 0 Å². The van der Waals surface area contributed by atoms with Crippen LogP contribution in [0.2, 0.25) is 5.02 Å². The molecule has 0 bridgehead atoms. The summed E-state index contributed by atoms with van der Waals surface area (Å²) in [6, 6.07) is 2.68. The number of hydrogen-bond donors (Lipinski definition) is 1. The molecule has 0 saturated carbocycles. The van der Waals surface area contributed by atoms with E-state index in [4.69, 9.17) is 22.0 Å². The number of hydrogen-bond acceptors (Lipinski definition) is 2. The molecule has 1 aromatic rings. The summed E-state index contributed by atoms with van der Waals surface area (Å²) in [6.45, 7) is 0. The van der Waals surface area contributed by atoms with Crippen LogP contribution in [0.5, 0.6) is 5.75 Å². The zero-order valence-electron chi connectivity index (χ0n) is 6.31. The van der Waals surface area contributed by atoms with Crippen LogP contribution in [0.25, 0.3) is 0 Å². The molecule has 13 heavy (non-hydrogen) atoms. The van der Waals surface area contributed by atoms with Gasteiger partial charge in [0.15, 0.2) is 11.6 Å². The second-order valence-corrected chi connectivity index (χ2v) is 2.74. The monoisotopic (exact) mass is 203 g/mol. The number of benzene rings is 1. The van der Waals surface area contributed by atoms with Crippen molar-refractivity contribution in [3.05, 3.63) is 28.3 Å². The number of phenols is 1. The molecule has 0 atom stereocenters. The maximum absolute atomic E-state index is 12.9. The number of nitrogens with zero attached hydrogens (tertiary/aromatic N) is 1. The van der Waals surface area contributed by atoms with Crippen LogP contribution in [0.15, 0.2) is 6.07 Å². The maximum Gasteiger partial charge on any atom is 0.202 e. The summed E-state index contributed by atoms with van der Waals surface area (Å²) in [4.78, 5) is 0. The van der Waals surface area contributed by atoms with Crippen molar-refractivity contribution < 1.29 is 13.9 Å². The third-order valence-electron chi connectivity index (χ3n) is 1.48. The second kappa shape index (κ2) is 3.58. The average molecular weight is 204 g/mol. The predicted octanol–water partition coefficient (Wildman–Crippen LogP) is 2.39. The highest BCUT2D eigenvalue weighted by Crippen LogP contribution is 2.30. The first kappa shape index (κ1) is 9.75. The Kier molecular flexibility index (Phi) is 2.69. The van der Waals surface area contributed by atoms with Gasteiger partial charge in [-0.1, -0.05) is 11.6 Å². The smallest absolute Gasteiger partial charge is 0.202 e. The molecule has 2 nitrogen and oxygen atoms in total. The molecule has 0 aliphatic rings. The summed E-state index contributed by atoms with van der Waals surface area (Å²) in [5.41, 5.74) is -0.164. The molecule has 1 aromatic carbocycles. The van der Waals surface area contributed by atoms with Crippen molar-refractivity contribution in [1.82, 2.24) is 0 Å². The van der Waals surface area contributed by atoms with Crippen LogP contribution in [-0.4, -0.2) is 5.11 Å². The van der Waals surface area contributed by atoms with Gasteiger partial charge >= 0.3 is 0 Å². The minimum atomic E-state index is -1.42. The minimum absolute atomic E-state index is 0.164. The van der Waals surface area contributed by atoms with Crippen LogP contribution in [-0.2, 0) is 6.42 Å². The molecule has 0 unspecified atom stereocenters. The Hall–Kier alpha value is -1.34. The molecule has 0 saturated heterocycles. The highest BCUT2D eigenvalue weighted by molar-refractivity contribution is 6.32. The maximum atomic E-state index is 12.9. The Labute approximate surface area is 78.0 Å². The highest BCUT2D eigenvalue weighted by Gasteiger charge is 2.16. The number of nitriles is 1. The number of halogens is 3. The summed E-state index contributed by atoms with van der Waals surface area (Å²) in [6.07, 6.45) is -0.289. The molecule has 0 spiro atoms. The third kappa shape index (κ3) is 1.70. The lowest BCUT2D eigenvalue weighted by Crippen LogP contribution is -1.94. The molecule has 0 aliphatic heterocycles. The van der Waals surface area contributed by atoms with E-state index < -0.39 is 17.4 Å². The van der Waals surface area contributed by atoms with Gasteiger partial charge in [0.25, 0.3) is 0 Å². The van der Waals surface area contributed by atoms with E-state index in [2.05, 4.69) is 0 Å². The van der Waals surface area contributed by atoms with Crippen molar-refractivity contribution in [2.45, 2.75) is 6.42 Å². The molecule has 0 aromatic heterocycles. The fraction of sp³-hybridized carbons (Fsp3) is 0.125. The Morgan fingerprint density at radius 3 is 2.62 bits per heavy atom. The lowest BCUT2D eigenvalue weighted by Gasteiger charge is -2.03. The predicted molar refractivity (Wildman–Crippen MR) is 42.3 cm³/mol. The number of aromatic hydroxyl groups is 1. The Morgan fingerprint density at radius 2 is 2.08 bits per heavy atom. The van der Waals surface area contributed by atoms with E-state index in [1.165, 1.54) is 0 Å². The van der Waals surface area contributed by atoms with Gasteiger partial charge in [-0.05, 0) is 6.07 Å². The van der Waals surface area contributed by atoms with Crippen LogP contribution in [0.3, 0.4) is 0 Å². The van der Waals surface area contributed by atoms with Crippen LogP contribution in [0.1, 0.15) is 5.56 Å². The molecule has 1 N–H and O–H groups in total. The molecule has 68 valence electrons. The van der Waals surface area contributed by atoms with Gasteiger partial charge in [-0.25, -0.2) is 4.39 Å². The Balaban J connectivity index is 3.34. The highest BCUT2D eigenvalue weighted by atomic mass is 35.5. The zero-order valence-corrected chi connectivity index (χ0v) is 7.07. The average Bonchev–Trinajstić information content (AvgIpc) is 2.11. The minimum Gasteiger partial charge on any atom is -0.504 e. The molecule has 0 aliphatic carbocycles. The quantitative estimate of drug-likeness (QED) is 0.713. The van der Waals surface area contributed by atoms with Gasteiger partial charge in [0.05, 0.1) is 17.5 Å². The SMILES string of the molecule is N#CCc1cc(Cl)c(O)c(F)c1F. The van der Waals surface area contributed by atoms with Crippen molar-refractivity contribution in [1.29, 1.82) is 5.26 Å². The zero-order chi connectivity index (χ0) is 10.0. The first-order valence-electron chi connectivity index (χ1n) is 3.30. The van der Waals surface area contributed by atoms with Gasteiger partial charge in [-0.2, -0.15) is 9.65 Å². The van der Waals surface area contributed by atoms with Gasteiger partial charge in [-0.15, -0.1) is 0 Å². The summed E-state index contributed by atoms with van der Waals surface area (Å²) >= 11 is 5.36. The normalized spacial score (nSPS) is 9.69. The summed E-state index contributed by atoms with van der Waals surface area (Å²) in [7, 11) is 0. The van der Waals surface area contributed by atoms with E-state index in [-0.39, 0.29) is 17.0 Å². The van der Waals surface area contributed by atoms with E-state index in [1.807, 2.05) is 0 Å². The van der Waals surface area contributed by atoms with Gasteiger partial charge in [0.2, 0.25) is 5.82 Å². The lowest BCUT2D eigenvalue weighted by molar-refractivity contribution is 0.405. The molecule has 0 fully saturated rings. The molecule has 0 heterocycles. The summed E-state index contributed by atoms with van der Waals surface area (Å²) < 4.78 is 25.6. The largest absolute Gasteiger partial charge is 0.504 e. The van der Waals surface area contributed by atoms with Crippen molar-refractivity contribution in [3.63, 3.8) is 0 Å². The fourth-order valence-corrected chi connectivity index (χ4v) is 1.06. The lowest BCUT2D eigenvalue weighted by atomic mass is 10.1. The van der Waals surface area contributed by atoms with Crippen LogP contribution in [0, 0.1) is 23.0 Å². The van der Waals surface area contributed by atoms with Gasteiger partial charge in [-0.3, -0.25) is 0 Å². The van der Waals surface area contributed by atoms with Crippen molar-refractivity contribution in [2.75, 3.05) is 0 Å². The molecule has 5 heteroatoms. The molecule has 0 amide bonds. The van der Waals surface area contributed by atoms with Crippen LogP contribution >= 0.6 is 11.6 Å². The number of rotatable bonds is 1. The molecule has 1 rings (SSSR count). The van der Waals surface area contributed by atoms with Crippen molar-refractivity contribution >= 4 is 11.6 Å². The van der Waals surface area contributed by atoms with Crippen molar-refractivity contribution in [3.8, 4) is 11.8 Å². The summed E-state index contributed by atoms with van der Waals surface area (Å²) in [5, 5.41) is 16.8. The van der Waals surface area contributed by atoms with Crippen molar-refractivity contribution in [2.24, 2.45) is 0 Å². The van der Waals surface area contributed by atoms with Gasteiger partial charge < -0.3 is 5.11 Å². The number of phenolic OH excluding ortho intramolecular Hbond substituents is 1. The third-order valence-corrected chi connectivity index (χ3v) is 1.77. The molecular formula is C8H4ClF2NO. The van der Waals surface area contributed by atoms with Crippen LogP contribution in [0.4, 0.5) is 8.78 Å². The standard InChI is InChI=1S/C8H4ClF2NO/c9-5-3-4(1-2-12)6(10)7(11)8(5)13/h3,13H,1H2. The van der Waals surface area contributed by atoms with E-state index >= 15 is 0 Å². The topological polar surface area (TPSA) is 44.0 Å². The van der Waals surface area contributed by atoms with E-state index in [9.17, 15) is 8.78 Å². The van der Waals surface area contributed by atoms with Gasteiger partial charge in [0, 0.05) is 5.56 Å². The Morgan fingerprint density at radius 1 is 1.46 bits per heavy atom.